The SMILES string of the molecule is CCc1ccc(OCC(=O)Nc2ccc(Cl)cc2)cc1. The maximum atomic E-state index is 11.7. The molecule has 0 bridgehead atoms. The molecule has 0 aliphatic rings. The second-order valence-electron chi connectivity index (χ2n) is 4.34. The first-order chi connectivity index (χ1) is 9.67. The molecule has 0 spiro atoms. The number of benzene rings is 2. The number of carbonyl (C=O) groups is 1. The van der Waals surface area contributed by atoms with Crippen molar-refractivity contribution in [3.63, 3.8) is 0 Å². The molecular weight excluding hydrogens is 274 g/mol. The first-order valence-electron chi connectivity index (χ1n) is 6.44. The summed E-state index contributed by atoms with van der Waals surface area (Å²) in [6.45, 7) is 2.07. The summed E-state index contributed by atoms with van der Waals surface area (Å²) < 4.78 is 5.43. The monoisotopic (exact) mass is 289 g/mol. The number of halogens is 1. The van der Waals surface area contributed by atoms with Crippen LogP contribution in [0.5, 0.6) is 5.75 Å². The van der Waals surface area contributed by atoms with Crippen molar-refractivity contribution in [2.24, 2.45) is 0 Å². The third kappa shape index (κ3) is 4.28. The van der Waals surface area contributed by atoms with Crippen LogP contribution in [0.2, 0.25) is 5.02 Å². The summed E-state index contributed by atoms with van der Waals surface area (Å²) >= 11 is 5.78. The zero-order chi connectivity index (χ0) is 14.4. The summed E-state index contributed by atoms with van der Waals surface area (Å²) in [5.41, 5.74) is 1.94. The Kier molecular flexibility index (Phi) is 5.02. The molecule has 0 saturated heterocycles. The maximum Gasteiger partial charge on any atom is 0.262 e. The van der Waals surface area contributed by atoms with Crippen LogP contribution < -0.4 is 10.1 Å². The molecule has 0 fully saturated rings. The highest BCUT2D eigenvalue weighted by Crippen LogP contribution is 2.14. The molecule has 0 radical (unpaired) electrons. The van der Waals surface area contributed by atoms with Crippen LogP contribution in [0.4, 0.5) is 5.69 Å². The molecule has 4 heteroatoms. The average molecular weight is 290 g/mol. The number of ether oxygens (including phenoxy) is 1. The van der Waals surface area contributed by atoms with E-state index in [0.29, 0.717) is 16.5 Å². The van der Waals surface area contributed by atoms with E-state index in [1.54, 1.807) is 24.3 Å². The second-order valence-corrected chi connectivity index (χ2v) is 4.78. The average Bonchev–Trinajstić information content (AvgIpc) is 2.48. The van der Waals surface area contributed by atoms with Crippen molar-refractivity contribution in [2.45, 2.75) is 13.3 Å². The highest BCUT2D eigenvalue weighted by Gasteiger charge is 2.03. The van der Waals surface area contributed by atoms with Gasteiger partial charge in [-0.25, -0.2) is 0 Å². The zero-order valence-electron chi connectivity index (χ0n) is 11.2. The number of anilines is 1. The fourth-order valence-electron chi connectivity index (χ4n) is 1.70. The van der Waals surface area contributed by atoms with E-state index >= 15 is 0 Å². The van der Waals surface area contributed by atoms with Crippen LogP contribution in [0, 0.1) is 0 Å². The lowest BCUT2D eigenvalue weighted by Gasteiger charge is -2.08. The van der Waals surface area contributed by atoms with Gasteiger partial charge in [-0.15, -0.1) is 0 Å². The van der Waals surface area contributed by atoms with Crippen molar-refractivity contribution in [3.05, 3.63) is 59.1 Å². The van der Waals surface area contributed by atoms with E-state index in [4.69, 9.17) is 16.3 Å². The van der Waals surface area contributed by atoms with Gasteiger partial charge in [-0.2, -0.15) is 0 Å². The summed E-state index contributed by atoms with van der Waals surface area (Å²) in [5, 5.41) is 3.37. The molecule has 2 aromatic carbocycles. The Morgan fingerprint density at radius 2 is 1.75 bits per heavy atom. The summed E-state index contributed by atoms with van der Waals surface area (Å²) in [7, 11) is 0. The second kappa shape index (κ2) is 6.96. The smallest absolute Gasteiger partial charge is 0.262 e. The molecule has 1 N–H and O–H groups in total. The predicted octanol–water partition coefficient (Wildman–Crippen LogP) is 3.92. The number of amides is 1. The van der Waals surface area contributed by atoms with Crippen LogP contribution in [0.3, 0.4) is 0 Å². The Morgan fingerprint density at radius 3 is 2.35 bits per heavy atom. The van der Waals surface area contributed by atoms with E-state index < -0.39 is 0 Å². The number of hydrogen-bond donors (Lipinski definition) is 1. The van der Waals surface area contributed by atoms with Gasteiger partial charge in [0.2, 0.25) is 0 Å². The normalized spacial score (nSPS) is 10.1. The highest BCUT2D eigenvalue weighted by molar-refractivity contribution is 6.30. The Balaban J connectivity index is 1.83. The van der Waals surface area contributed by atoms with E-state index in [1.165, 1.54) is 5.56 Å². The summed E-state index contributed by atoms with van der Waals surface area (Å²) in [6.07, 6.45) is 0.983. The molecule has 0 saturated carbocycles. The molecule has 0 aromatic heterocycles. The van der Waals surface area contributed by atoms with Crippen LogP contribution in [-0.4, -0.2) is 12.5 Å². The lowest BCUT2D eigenvalue weighted by Crippen LogP contribution is -2.20. The Bertz CT molecular complexity index is 564. The van der Waals surface area contributed by atoms with Crippen molar-refractivity contribution in [2.75, 3.05) is 11.9 Å². The fourth-order valence-corrected chi connectivity index (χ4v) is 1.83. The number of nitrogens with one attached hydrogen (secondary N) is 1. The number of hydrogen-bond acceptors (Lipinski definition) is 2. The fraction of sp³-hybridized carbons (Fsp3) is 0.188. The Labute approximate surface area is 123 Å². The van der Waals surface area contributed by atoms with Gasteiger partial charge in [-0.3, -0.25) is 4.79 Å². The van der Waals surface area contributed by atoms with E-state index in [2.05, 4.69) is 12.2 Å². The quantitative estimate of drug-likeness (QED) is 0.906. The third-order valence-corrected chi connectivity index (χ3v) is 3.08. The Hall–Kier alpha value is -2.00. The van der Waals surface area contributed by atoms with Crippen LogP contribution in [0.15, 0.2) is 48.5 Å². The zero-order valence-corrected chi connectivity index (χ0v) is 12.0. The van der Waals surface area contributed by atoms with E-state index in [0.717, 1.165) is 6.42 Å². The van der Waals surface area contributed by atoms with Gasteiger partial charge >= 0.3 is 0 Å². The van der Waals surface area contributed by atoms with Gasteiger partial charge in [-0.05, 0) is 48.4 Å². The first-order valence-corrected chi connectivity index (χ1v) is 6.82. The molecule has 1 amide bonds. The Morgan fingerprint density at radius 1 is 1.10 bits per heavy atom. The lowest BCUT2D eigenvalue weighted by atomic mass is 10.2. The van der Waals surface area contributed by atoms with E-state index in [1.807, 2.05) is 24.3 Å². The van der Waals surface area contributed by atoms with Crippen molar-refractivity contribution >= 4 is 23.2 Å². The minimum absolute atomic E-state index is 0.0197. The molecule has 0 atom stereocenters. The lowest BCUT2D eigenvalue weighted by molar-refractivity contribution is -0.118. The van der Waals surface area contributed by atoms with Gasteiger partial charge in [0.05, 0.1) is 0 Å². The third-order valence-electron chi connectivity index (χ3n) is 2.83. The van der Waals surface area contributed by atoms with Gasteiger partial charge in [-0.1, -0.05) is 30.7 Å². The highest BCUT2D eigenvalue weighted by atomic mass is 35.5. The maximum absolute atomic E-state index is 11.7. The molecule has 0 heterocycles. The van der Waals surface area contributed by atoms with Crippen molar-refractivity contribution in [3.8, 4) is 5.75 Å². The van der Waals surface area contributed by atoms with Crippen LogP contribution >= 0.6 is 11.6 Å². The first kappa shape index (κ1) is 14.4. The van der Waals surface area contributed by atoms with E-state index in [-0.39, 0.29) is 12.5 Å². The molecule has 0 aliphatic carbocycles. The van der Waals surface area contributed by atoms with Crippen LogP contribution in [-0.2, 0) is 11.2 Å². The van der Waals surface area contributed by atoms with Crippen LogP contribution in [0.1, 0.15) is 12.5 Å². The summed E-state index contributed by atoms with van der Waals surface area (Å²) in [4.78, 5) is 11.7. The molecule has 2 rings (SSSR count). The predicted molar refractivity (Wildman–Crippen MR) is 81.4 cm³/mol. The van der Waals surface area contributed by atoms with E-state index in [9.17, 15) is 4.79 Å². The summed E-state index contributed by atoms with van der Waals surface area (Å²) in [5.74, 6) is 0.486. The molecule has 0 aliphatic heterocycles. The molecule has 20 heavy (non-hydrogen) atoms. The van der Waals surface area contributed by atoms with Gasteiger partial charge in [0.25, 0.3) is 5.91 Å². The molecular formula is C16H16ClNO2. The van der Waals surface area contributed by atoms with Gasteiger partial charge in [0, 0.05) is 10.7 Å². The topological polar surface area (TPSA) is 38.3 Å². The van der Waals surface area contributed by atoms with Gasteiger partial charge in [0.1, 0.15) is 5.75 Å². The summed E-state index contributed by atoms with van der Waals surface area (Å²) in [6, 6.07) is 14.7. The van der Waals surface area contributed by atoms with Crippen LogP contribution in [0.25, 0.3) is 0 Å². The number of rotatable bonds is 5. The van der Waals surface area contributed by atoms with Crippen molar-refractivity contribution in [1.29, 1.82) is 0 Å². The molecule has 3 nitrogen and oxygen atoms in total. The molecule has 2 aromatic rings. The minimum Gasteiger partial charge on any atom is -0.484 e. The van der Waals surface area contributed by atoms with Gasteiger partial charge in [0.15, 0.2) is 6.61 Å². The number of aryl methyl sites for hydroxylation is 1. The standard InChI is InChI=1S/C16H16ClNO2/c1-2-12-3-9-15(10-4-12)20-11-16(19)18-14-7-5-13(17)6-8-14/h3-10H,2,11H2,1H3,(H,18,19). The number of carbonyl (C=O) groups excluding carboxylic acids is 1. The molecule has 104 valence electrons. The largest absolute Gasteiger partial charge is 0.484 e. The van der Waals surface area contributed by atoms with Gasteiger partial charge < -0.3 is 10.1 Å². The minimum atomic E-state index is -0.202. The van der Waals surface area contributed by atoms with Crippen molar-refractivity contribution < 1.29 is 9.53 Å². The molecule has 0 unspecified atom stereocenters. The van der Waals surface area contributed by atoms with Crippen molar-refractivity contribution in [1.82, 2.24) is 0 Å².